The first-order valence-corrected chi connectivity index (χ1v) is 12.3. The van der Waals surface area contributed by atoms with Crippen LogP contribution in [0.1, 0.15) is 5.56 Å². The van der Waals surface area contributed by atoms with Crippen LogP contribution in [0.5, 0.6) is 0 Å². The molecule has 0 unspecified atom stereocenters. The summed E-state index contributed by atoms with van der Waals surface area (Å²) in [6.07, 6.45) is 3.33. The number of aromatic nitrogens is 2. The summed E-state index contributed by atoms with van der Waals surface area (Å²) in [5.74, 6) is 1.69. The summed E-state index contributed by atoms with van der Waals surface area (Å²) in [4.78, 5) is 12.7. The Balaban J connectivity index is 1.39. The van der Waals surface area contributed by atoms with Crippen molar-refractivity contribution in [2.24, 2.45) is 0 Å². The predicted octanol–water partition coefficient (Wildman–Crippen LogP) is 6.88. The van der Waals surface area contributed by atoms with E-state index < -0.39 is 0 Å². The first-order chi connectivity index (χ1) is 17.3. The number of anilines is 1. The van der Waals surface area contributed by atoms with Crippen molar-refractivity contribution in [1.29, 1.82) is 0 Å². The fourth-order valence-corrected chi connectivity index (χ4v) is 5.37. The van der Waals surface area contributed by atoms with Gasteiger partial charge in [-0.2, -0.15) is 0 Å². The van der Waals surface area contributed by atoms with Crippen molar-refractivity contribution in [2.75, 3.05) is 18.2 Å². The van der Waals surface area contributed by atoms with E-state index in [9.17, 15) is 0 Å². The number of rotatable bonds is 7. The van der Waals surface area contributed by atoms with E-state index in [4.69, 9.17) is 14.5 Å². The van der Waals surface area contributed by atoms with Gasteiger partial charge in [0.15, 0.2) is 11.6 Å². The van der Waals surface area contributed by atoms with E-state index in [1.165, 1.54) is 27.1 Å². The topological polar surface area (TPSA) is 47.5 Å². The number of fused-ring (bicyclic) bond motifs is 1. The molecular weight excluding hydrogens is 454 g/mol. The molecule has 3 heterocycles. The minimum atomic E-state index is 0.259. The first kappa shape index (κ1) is 21.4. The van der Waals surface area contributed by atoms with Crippen LogP contribution in [0.15, 0.2) is 109 Å². The molecule has 6 rings (SSSR count). The molecule has 0 aliphatic carbocycles. The van der Waals surface area contributed by atoms with Crippen LogP contribution < -0.4 is 4.90 Å². The average Bonchev–Trinajstić information content (AvgIpc) is 3.59. The molecule has 1 aliphatic heterocycles. The molecule has 1 aliphatic rings. The van der Waals surface area contributed by atoms with Crippen LogP contribution in [0.25, 0.3) is 31.8 Å². The Hall–Kier alpha value is -4.16. The highest BCUT2D eigenvalue weighted by Gasteiger charge is 2.20. The molecule has 2 aromatic heterocycles. The second-order valence-electron chi connectivity index (χ2n) is 8.32. The summed E-state index contributed by atoms with van der Waals surface area (Å²) in [5, 5.41) is 0. The third kappa shape index (κ3) is 4.61. The maximum absolute atomic E-state index is 5.64. The SMILES string of the molecule is C1=C(CN(Cc2ccccc2)c2ncnc3cc(-c4cccc(-c5ccccc5)c4)sc23)OCO1. The largest absolute Gasteiger partial charge is 0.462 e. The Kier molecular flexibility index (Phi) is 5.87. The molecule has 0 radical (unpaired) electrons. The standard InChI is InChI=1S/C29H23N3O2S/c1-3-8-21(9-4-1)16-32(17-25-18-33-20-34-25)29-28-26(30-19-31-29)15-27(35-28)24-13-7-12-23(14-24)22-10-5-2-6-11-22/h1-15,18-19H,16-17,20H2. The Bertz CT molecular complexity index is 1480. The van der Waals surface area contributed by atoms with Crippen molar-refractivity contribution in [3.63, 3.8) is 0 Å². The zero-order chi connectivity index (χ0) is 23.5. The summed E-state index contributed by atoms with van der Waals surface area (Å²) in [6.45, 7) is 1.52. The van der Waals surface area contributed by atoms with Gasteiger partial charge < -0.3 is 14.4 Å². The lowest BCUT2D eigenvalue weighted by atomic mass is 10.0. The molecule has 0 saturated heterocycles. The predicted molar refractivity (Wildman–Crippen MR) is 141 cm³/mol. The maximum Gasteiger partial charge on any atom is 0.229 e. The summed E-state index contributed by atoms with van der Waals surface area (Å²) < 4.78 is 12.0. The van der Waals surface area contributed by atoms with E-state index in [2.05, 4.69) is 88.7 Å². The van der Waals surface area contributed by atoms with Gasteiger partial charge in [0, 0.05) is 11.4 Å². The summed E-state index contributed by atoms with van der Waals surface area (Å²) in [7, 11) is 0. The van der Waals surface area contributed by atoms with Crippen LogP contribution in [0.4, 0.5) is 5.82 Å². The van der Waals surface area contributed by atoms with Crippen molar-refractivity contribution in [1.82, 2.24) is 9.97 Å². The number of thiophene rings is 1. The lowest BCUT2D eigenvalue weighted by Crippen LogP contribution is -2.26. The molecule has 0 saturated carbocycles. The molecule has 0 N–H and O–H groups in total. The molecule has 35 heavy (non-hydrogen) atoms. The van der Waals surface area contributed by atoms with Crippen LogP contribution in [-0.2, 0) is 16.0 Å². The van der Waals surface area contributed by atoms with E-state index in [1.807, 2.05) is 12.1 Å². The molecule has 5 nitrogen and oxygen atoms in total. The van der Waals surface area contributed by atoms with Gasteiger partial charge >= 0.3 is 0 Å². The van der Waals surface area contributed by atoms with Gasteiger partial charge in [0.25, 0.3) is 0 Å². The van der Waals surface area contributed by atoms with Crippen molar-refractivity contribution < 1.29 is 9.47 Å². The fraction of sp³-hybridized carbons (Fsp3) is 0.103. The quantitative estimate of drug-likeness (QED) is 0.256. The van der Waals surface area contributed by atoms with Crippen molar-refractivity contribution in [3.05, 3.63) is 115 Å². The Labute approximate surface area is 207 Å². The molecule has 6 heteroatoms. The van der Waals surface area contributed by atoms with Crippen molar-refractivity contribution >= 4 is 27.4 Å². The highest BCUT2D eigenvalue weighted by atomic mass is 32.1. The molecular formula is C29H23N3O2S. The normalized spacial score (nSPS) is 12.7. The smallest absolute Gasteiger partial charge is 0.229 e. The third-order valence-corrected chi connectivity index (χ3v) is 7.11. The second kappa shape index (κ2) is 9.60. The minimum Gasteiger partial charge on any atom is -0.462 e. The van der Waals surface area contributed by atoms with Gasteiger partial charge in [-0.1, -0.05) is 78.9 Å². The molecule has 0 fully saturated rings. The molecule has 0 atom stereocenters. The van der Waals surface area contributed by atoms with Crippen LogP contribution in [-0.4, -0.2) is 23.3 Å². The van der Waals surface area contributed by atoms with E-state index >= 15 is 0 Å². The minimum absolute atomic E-state index is 0.259. The van der Waals surface area contributed by atoms with E-state index in [1.54, 1.807) is 23.9 Å². The number of hydrogen-bond acceptors (Lipinski definition) is 6. The molecule has 0 amide bonds. The Morgan fingerprint density at radius 2 is 1.54 bits per heavy atom. The highest BCUT2D eigenvalue weighted by molar-refractivity contribution is 7.22. The molecule has 172 valence electrons. The lowest BCUT2D eigenvalue weighted by Gasteiger charge is -2.24. The van der Waals surface area contributed by atoms with E-state index in [-0.39, 0.29) is 6.79 Å². The van der Waals surface area contributed by atoms with Crippen molar-refractivity contribution in [3.8, 4) is 21.6 Å². The molecule has 5 aromatic rings. The first-order valence-electron chi connectivity index (χ1n) is 11.5. The van der Waals surface area contributed by atoms with Crippen molar-refractivity contribution in [2.45, 2.75) is 6.54 Å². The van der Waals surface area contributed by atoms with Gasteiger partial charge in [0.2, 0.25) is 6.79 Å². The van der Waals surface area contributed by atoms with Crippen LogP contribution in [0, 0.1) is 0 Å². The fourth-order valence-electron chi connectivity index (χ4n) is 4.24. The van der Waals surface area contributed by atoms with E-state index in [0.29, 0.717) is 13.1 Å². The van der Waals surface area contributed by atoms with Gasteiger partial charge in [-0.15, -0.1) is 11.3 Å². The molecule has 0 spiro atoms. The second-order valence-corrected chi connectivity index (χ2v) is 9.38. The average molecular weight is 478 g/mol. The lowest BCUT2D eigenvalue weighted by molar-refractivity contribution is 0.0797. The number of nitrogens with zero attached hydrogens (tertiary/aromatic N) is 3. The highest BCUT2D eigenvalue weighted by Crippen LogP contribution is 2.38. The maximum atomic E-state index is 5.64. The summed E-state index contributed by atoms with van der Waals surface area (Å²) >= 11 is 1.72. The van der Waals surface area contributed by atoms with Crippen LogP contribution in [0.2, 0.25) is 0 Å². The van der Waals surface area contributed by atoms with Gasteiger partial charge in [0.1, 0.15) is 12.6 Å². The third-order valence-electron chi connectivity index (χ3n) is 5.94. The number of ether oxygens (including phenoxy) is 2. The zero-order valence-electron chi connectivity index (χ0n) is 19.0. The zero-order valence-corrected chi connectivity index (χ0v) is 19.8. The number of benzene rings is 3. The van der Waals surface area contributed by atoms with E-state index in [0.717, 1.165) is 21.8 Å². The summed E-state index contributed by atoms with van der Waals surface area (Å²) in [5.41, 5.74) is 5.71. The van der Waals surface area contributed by atoms with Crippen LogP contribution in [0.3, 0.4) is 0 Å². The molecule has 0 bridgehead atoms. The van der Waals surface area contributed by atoms with Gasteiger partial charge in [-0.3, -0.25) is 0 Å². The Morgan fingerprint density at radius 1 is 0.771 bits per heavy atom. The summed E-state index contributed by atoms with van der Waals surface area (Å²) in [6, 6.07) is 31.7. The van der Waals surface area contributed by atoms with Gasteiger partial charge in [0.05, 0.1) is 16.8 Å². The monoisotopic (exact) mass is 477 g/mol. The van der Waals surface area contributed by atoms with Gasteiger partial charge in [-0.25, -0.2) is 9.97 Å². The molecule has 3 aromatic carbocycles. The van der Waals surface area contributed by atoms with Gasteiger partial charge in [-0.05, 0) is 34.4 Å². The number of hydrogen-bond donors (Lipinski definition) is 0. The Morgan fingerprint density at radius 3 is 2.34 bits per heavy atom. The van der Waals surface area contributed by atoms with Crippen LogP contribution >= 0.6 is 11.3 Å².